The first kappa shape index (κ1) is 21.2. The van der Waals surface area contributed by atoms with Gasteiger partial charge in [-0.2, -0.15) is 0 Å². The molecule has 168 valence electrons. The third kappa shape index (κ3) is 4.23. The predicted molar refractivity (Wildman–Crippen MR) is 127 cm³/mol. The Morgan fingerprint density at radius 1 is 0.879 bits per heavy atom. The maximum atomic E-state index is 13.8. The maximum Gasteiger partial charge on any atom is 0.251 e. The van der Waals surface area contributed by atoms with E-state index in [9.17, 15) is 8.78 Å². The number of fused-ring (bicyclic) bond motifs is 1. The van der Waals surface area contributed by atoms with E-state index in [1.807, 2.05) is 90.0 Å². The Morgan fingerprint density at radius 3 is 2.03 bits per heavy atom. The second kappa shape index (κ2) is 8.39. The molecule has 5 nitrogen and oxygen atoms in total. The van der Waals surface area contributed by atoms with Crippen LogP contribution in [0, 0.1) is 13.8 Å². The van der Waals surface area contributed by atoms with Crippen molar-refractivity contribution in [3.8, 4) is 0 Å². The predicted octanol–water partition coefficient (Wildman–Crippen LogP) is 5.75. The van der Waals surface area contributed by atoms with E-state index in [1.54, 1.807) is 0 Å². The zero-order chi connectivity index (χ0) is 23.0. The SMILES string of the molecule is Cc1nc2c(N3CCC(F)(F)CC3)nc(N=C(c3ccccc3)c3ccccc3)cn2c1C. The number of anilines is 1. The molecule has 0 radical (unpaired) electrons. The number of nitrogens with zero attached hydrogens (tertiary/aromatic N) is 5. The van der Waals surface area contributed by atoms with Crippen LogP contribution < -0.4 is 4.90 Å². The van der Waals surface area contributed by atoms with Gasteiger partial charge in [-0.05, 0) is 13.8 Å². The minimum absolute atomic E-state index is 0.188. The molecular weight excluding hydrogens is 420 g/mol. The fourth-order valence-corrected chi connectivity index (χ4v) is 4.16. The molecule has 0 atom stereocenters. The highest BCUT2D eigenvalue weighted by Crippen LogP contribution is 2.33. The maximum absolute atomic E-state index is 13.8. The lowest BCUT2D eigenvalue weighted by Crippen LogP contribution is -2.40. The molecular formula is C26H25F2N5. The molecule has 3 heterocycles. The first-order chi connectivity index (χ1) is 15.9. The van der Waals surface area contributed by atoms with E-state index in [0.717, 1.165) is 28.2 Å². The van der Waals surface area contributed by atoms with E-state index in [0.29, 0.717) is 17.3 Å². The fraction of sp³-hybridized carbons (Fsp3) is 0.269. The van der Waals surface area contributed by atoms with Gasteiger partial charge in [-0.1, -0.05) is 60.7 Å². The van der Waals surface area contributed by atoms with Gasteiger partial charge >= 0.3 is 0 Å². The van der Waals surface area contributed by atoms with Gasteiger partial charge in [0.05, 0.1) is 17.6 Å². The molecule has 1 saturated heterocycles. The lowest BCUT2D eigenvalue weighted by Gasteiger charge is -2.32. The molecule has 0 spiro atoms. The van der Waals surface area contributed by atoms with Crippen LogP contribution in [-0.2, 0) is 0 Å². The highest BCUT2D eigenvalue weighted by Gasteiger charge is 2.35. The molecule has 0 bridgehead atoms. The summed E-state index contributed by atoms with van der Waals surface area (Å²) >= 11 is 0. The average Bonchev–Trinajstić information content (AvgIpc) is 3.12. The normalized spacial score (nSPS) is 15.6. The van der Waals surface area contributed by atoms with Crippen molar-refractivity contribution in [3.05, 3.63) is 89.4 Å². The van der Waals surface area contributed by atoms with Crippen molar-refractivity contribution in [2.24, 2.45) is 4.99 Å². The van der Waals surface area contributed by atoms with Crippen LogP contribution in [0.3, 0.4) is 0 Å². The number of hydrogen-bond donors (Lipinski definition) is 0. The molecule has 2 aromatic carbocycles. The zero-order valence-corrected chi connectivity index (χ0v) is 18.7. The quantitative estimate of drug-likeness (QED) is 0.376. The van der Waals surface area contributed by atoms with Gasteiger partial charge < -0.3 is 4.90 Å². The number of alkyl halides is 2. The Kier molecular flexibility index (Phi) is 5.40. The number of hydrogen-bond acceptors (Lipinski definition) is 4. The van der Waals surface area contributed by atoms with Gasteiger partial charge in [-0.15, -0.1) is 0 Å². The van der Waals surface area contributed by atoms with Crippen LogP contribution in [0.1, 0.15) is 35.4 Å². The summed E-state index contributed by atoms with van der Waals surface area (Å²) in [6, 6.07) is 19.9. The molecule has 0 aliphatic carbocycles. The summed E-state index contributed by atoms with van der Waals surface area (Å²) < 4.78 is 29.6. The van der Waals surface area contributed by atoms with Crippen molar-refractivity contribution >= 4 is 23.0 Å². The van der Waals surface area contributed by atoms with Crippen molar-refractivity contribution in [2.75, 3.05) is 18.0 Å². The summed E-state index contributed by atoms with van der Waals surface area (Å²) in [6.07, 6.45) is 1.50. The summed E-state index contributed by atoms with van der Waals surface area (Å²) in [4.78, 5) is 16.4. The summed E-state index contributed by atoms with van der Waals surface area (Å²) in [6.45, 7) is 4.40. The topological polar surface area (TPSA) is 45.8 Å². The Morgan fingerprint density at radius 2 is 1.45 bits per heavy atom. The van der Waals surface area contributed by atoms with E-state index in [-0.39, 0.29) is 25.9 Å². The van der Waals surface area contributed by atoms with E-state index >= 15 is 0 Å². The number of aliphatic imine (C=N–C) groups is 1. The zero-order valence-electron chi connectivity index (χ0n) is 18.7. The van der Waals surface area contributed by atoms with Crippen molar-refractivity contribution in [2.45, 2.75) is 32.6 Å². The first-order valence-corrected chi connectivity index (χ1v) is 11.1. The molecule has 1 aliphatic heterocycles. The number of imidazole rings is 1. The second-order valence-electron chi connectivity index (χ2n) is 8.43. The first-order valence-electron chi connectivity index (χ1n) is 11.1. The minimum Gasteiger partial charge on any atom is -0.353 e. The van der Waals surface area contributed by atoms with E-state index in [4.69, 9.17) is 9.98 Å². The molecule has 1 aliphatic rings. The van der Waals surface area contributed by atoms with Crippen molar-refractivity contribution < 1.29 is 8.78 Å². The van der Waals surface area contributed by atoms with Crippen LogP contribution >= 0.6 is 0 Å². The van der Waals surface area contributed by atoms with Crippen LogP contribution in [-0.4, -0.2) is 39.1 Å². The van der Waals surface area contributed by atoms with Crippen LogP contribution in [0.4, 0.5) is 20.4 Å². The Hall–Kier alpha value is -3.61. The Labute approximate surface area is 191 Å². The third-order valence-electron chi connectivity index (χ3n) is 6.17. The molecule has 2 aromatic heterocycles. The second-order valence-corrected chi connectivity index (χ2v) is 8.43. The van der Waals surface area contributed by atoms with Gasteiger partial charge in [0, 0.05) is 42.8 Å². The largest absolute Gasteiger partial charge is 0.353 e. The smallest absolute Gasteiger partial charge is 0.251 e. The van der Waals surface area contributed by atoms with Gasteiger partial charge in [0.1, 0.15) is 0 Å². The summed E-state index contributed by atoms with van der Waals surface area (Å²) in [7, 11) is 0. The monoisotopic (exact) mass is 445 g/mol. The summed E-state index contributed by atoms with van der Waals surface area (Å²) in [5.74, 6) is -1.51. The molecule has 33 heavy (non-hydrogen) atoms. The van der Waals surface area contributed by atoms with Gasteiger partial charge in [-0.3, -0.25) is 4.40 Å². The number of piperidine rings is 1. The number of rotatable bonds is 4. The average molecular weight is 446 g/mol. The Bertz CT molecular complexity index is 1260. The van der Waals surface area contributed by atoms with Crippen LogP contribution in [0.2, 0.25) is 0 Å². The van der Waals surface area contributed by atoms with E-state index in [1.165, 1.54) is 0 Å². The number of halogens is 2. The fourth-order valence-electron chi connectivity index (χ4n) is 4.16. The van der Waals surface area contributed by atoms with Crippen molar-refractivity contribution in [1.82, 2.24) is 14.4 Å². The summed E-state index contributed by atoms with van der Waals surface area (Å²) in [5, 5.41) is 0. The Balaban J connectivity index is 1.67. The molecule has 0 amide bonds. The van der Waals surface area contributed by atoms with E-state index in [2.05, 4.69) is 4.98 Å². The van der Waals surface area contributed by atoms with Crippen LogP contribution in [0.5, 0.6) is 0 Å². The van der Waals surface area contributed by atoms with Gasteiger partial charge in [-0.25, -0.2) is 23.7 Å². The highest BCUT2D eigenvalue weighted by molar-refractivity contribution is 6.13. The van der Waals surface area contributed by atoms with Gasteiger partial charge in [0.25, 0.3) is 5.92 Å². The molecule has 4 aromatic rings. The lowest BCUT2D eigenvalue weighted by atomic mass is 10.0. The van der Waals surface area contributed by atoms with Gasteiger partial charge in [0.15, 0.2) is 17.3 Å². The van der Waals surface area contributed by atoms with Crippen LogP contribution in [0.15, 0.2) is 71.9 Å². The molecule has 7 heteroatoms. The molecule has 0 N–H and O–H groups in total. The van der Waals surface area contributed by atoms with Crippen molar-refractivity contribution in [3.63, 3.8) is 0 Å². The molecule has 1 fully saturated rings. The van der Waals surface area contributed by atoms with E-state index < -0.39 is 5.92 Å². The standard InChI is InChI=1S/C26H25F2N5/c1-18-19(2)33-17-22(31-24(25(33)29-18)32-15-13-26(27,28)14-16-32)30-23(20-9-5-3-6-10-20)21-11-7-4-8-12-21/h3-12,17H,13-16H2,1-2H3. The summed E-state index contributed by atoms with van der Waals surface area (Å²) in [5.41, 5.74) is 5.29. The van der Waals surface area contributed by atoms with Crippen molar-refractivity contribution in [1.29, 1.82) is 0 Å². The molecule has 0 saturated carbocycles. The number of aryl methyl sites for hydroxylation is 2. The van der Waals surface area contributed by atoms with Gasteiger partial charge in [0.2, 0.25) is 0 Å². The number of aromatic nitrogens is 3. The minimum atomic E-state index is -2.63. The third-order valence-corrected chi connectivity index (χ3v) is 6.17. The lowest BCUT2D eigenvalue weighted by molar-refractivity contribution is -0.0221. The van der Waals surface area contributed by atoms with Crippen LogP contribution in [0.25, 0.3) is 5.65 Å². The number of benzene rings is 2. The molecule has 0 unspecified atom stereocenters. The highest BCUT2D eigenvalue weighted by atomic mass is 19.3. The molecule has 5 rings (SSSR count).